The third kappa shape index (κ3) is 2.94. The lowest BCUT2D eigenvalue weighted by molar-refractivity contribution is 0.0194. The van der Waals surface area contributed by atoms with Crippen LogP contribution in [0.25, 0.3) is 0 Å². The Labute approximate surface area is 93.0 Å². The summed E-state index contributed by atoms with van der Waals surface area (Å²) >= 11 is 0. The minimum absolute atomic E-state index is 0.221. The highest BCUT2D eigenvalue weighted by molar-refractivity contribution is 4.90. The first-order valence-corrected chi connectivity index (χ1v) is 6.55. The van der Waals surface area contributed by atoms with E-state index in [1.807, 2.05) is 0 Å². The highest BCUT2D eigenvalue weighted by atomic mass is 16.5. The quantitative estimate of drug-likeness (QED) is 0.686. The summed E-state index contributed by atoms with van der Waals surface area (Å²) in [4.78, 5) is 0. The normalized spacial score (nSPS) is 36.0. The van der Waals surface area contributed by atoms with Crippen LogP contribution in [-0.2, 0) is 4.74 Å². The van der Waals surface area contributed by atoms with Gasteiger partial charge in [-0.2, -0.15) is 0 Å². The fraction of sp³-hybridized carbons (Fsp3) is 1.00. The third-order valence-corrected chi connectivity index (χ3v) is 4.12. The van der Waals surface area contributed by atoms with E-state index in [-0.39, 0.29) is 6.10 Å². The summed E-state index contributed by atoms with van der Waals surface area (Å²) in [6, 6.07) is 0. The molecule has 2 nitrogen and oxygen atoms in total. The van der Waals surface area contributed by atoms with E-state index in [0.29, 0.717) is 6.61 Å². The molecule has 2 rings (SSSR count). The molecule has 0 aromatic heterocycles. The van der Waals surface area contributed by atoms with E-state index in [4.69, 9.17) is 4.74 Å². The Kier molecular flexibility index (Phi) is 4.04. The Balaban J connectivity index is 1.64. The molecule has 2 aliphatic carbocycles. The van der Waals surface area contributed by atoms with Gasteiger partial charge in [-0.1, -0.05) is 13.3 Å². The first-order valence-electron chi connectivity index (χ1n) is 6.55. The Hall–Kier alpha value is -0.0800. The first kappa shape index (κ1) is 11.4. The number of rotatable bonds is 6. The average Bonchev–Trinajstić information content (AvgIpc) is 2.79. The molecule has 0 radical (unpaired) electrons. The maximum absolute atomic E-state index is 9.84. The van der Waals surface area contributed by atoms with E-state index in [1.165, 1.54) is 25.7 Å². The van der Waals surface area contributed by atoms with Gasteiger partial charge in [-0.15, -0.1) is 0 Å². The first-order chi connectivity index (χ1) is 7.29. The Morgan fingerprint density at radius 1 is 1.33 bits per heavy atom. The predicted molar refractivity (Wildman–Crippen MR) is 60.7 cm³/mol. The van der Waals surface area contributed by atoms with Crippen LogP contribution in [0.15, 0.2) is 0 Å². The van der Waals surface area contributed by atoms with Gasteiger partial charge in [0.2, 0.25) is 0 Å². The molecule has 2 heteroatoms. The predicted octanol–water partition coefficient (Wildman–Crippen LogP) is 2.60. The fourth-order valence-electron chi connectivity index (χ4n) is 3.45. The summed E-state index contributed by atoms with van der Waals surface area (Å²) in [6.07, 6.45) is 7.47. The van der Waals surface area contributed by atoms with E-state index in [0.717, 1.165) is 37.2 Å². The molecule has 88 valence electrons. The number of hydrogen-bond acceptors (Lipinski definition) is 2. The van der Waals surface area contributed by atoms with E-state index >= 15 is 0 Å². The zero-order chi connectivity index (χ0) is 10.7. The van der Waals surface area contributed by atoms with Gasteiger partial charge in [0.05, 0.1) is 12.7 Å². The zero-order valence-corrected chi connectivity index (χ0v) is 9.82. The third-order valence-electron chi connectivity index (χ3n) is 4.12. The van der Waals surface area contributed by atoms with Gasteiger partial charge >= 0.3 is 0 Å². The van der Waals surface area contributed by atoms with Crippen molar-refractivity contribution in [3.63, 3.8) is 0 Å². The summed E-state index contributed by atoms with van der Waals surface area (Å²) in [5, 5.41) is 9.84. The van der Waals surface area contributed by atoms with Gasteiger partial charge in [0, 0.05) is 6.61 Å². The van der Waals surface area contributed by atoms with Gasteiger partial charge in [0.1, 0.15) is 0 Å². The lowest BCUT2D eigenvalue weighted by Gasteiger charge is -2.24. The van der Waals surface area contributed by atoms with E-state index in [9.17, 15) is 5.11 Å². The standard InChI is InChI=1S/C13H24O2/c1-2-5-15-9-13(14)8-12-7-10-3-4-11(12)6-10/h10-14H,2-9H2,1H3. The molecule has 2 aliphatic rings. The number of hydrogen-bond donors (Lipinski definition) is 1. The lowest BCUT2D eigenvalue weighted by Crippen LogP contribution is -2.22. The van der Waals surface area contributed by atoms with Crippen LogP contribution in [-0.4, -0.2) is 24.4 Å². The topological polar surface area (TPSA) is 29.5 Å². The lowest BCUT2D eigenvalue weighted by atomic mass is 9.85. The average molecular weight is 212 g/mol. The van der Waals surface area contributed by atoms with Gasteiger partial charge in [0.15, 0.2) is 0 Å². The smallest absolute Gasteiger partial charge is 0.0776 e. The van der Waals surface area contributed by atoms with Crippen molar-refractivity contribution in [2.75, 3.05) is 13.2 Å². The molecule has 4 unspecified atom stereocenters. The molecule has 4 atom stereocenters. The summed E-state index contributed by atoms with van der Waals surface area (Å²) in [5.74, 6) is 2.71. The molecule has 2 saturated carbocycles. The number of ether oxygens (including phenoxy) is 1. The van der Waals surface area contributed by atoms with Crippen molar-refractivity contribution in [3.8, 4) is 0 Å². The molecular weight excluding hydrogens is 188 g/mol. The monoisotopic (exact) mass is 212 g/mol. The van der Waals surface area contributed by atoms with Crippen molar-refractivity contribution < 1.29 is 9.84 Å². The van der Waals surface area contributed by atoms with Crippen molar-refractivity contribution >= 4 is 0 Å². The Morgan fingerprint density at radius 2 is 2.20 bits per heavy atom. The zero-order valence-electron chi connectivity index (χ0n) is 9.82. The number of fused-ring (bicyclic) bond motifs is 2. The maximum atomic E-state index is 9.84. The second kappa shape index (κ2) is 5.31. The second-order valence-corrected chi connectivity index (χ2v) is 5.40. The molecular formula is C13H24O2. The highest BCUT2D eigenvalue weighted by Crippen LogP contribution is 2.49. The van der Waals surface area contributed by atoms with E-state index in [1.54, 1.807) is 0 Å². The van der Waals surface area contributed by atoms with Gasteiger partial charge in [-0.3, -0.25) is 0 Å². The second-order valence-electron chi connectivity index (χ2n) is 5.40. The Bertz CT molecular complexity index is 193. The van der Waals surface area contributed by atoms with Crippen LogP contribution in [0.1, 0.15) is 45.4 Å². The van der Waals surface area contributed by atoms with E-state index < -0.39 is 0 Å². The highest BCUT2D eigenvalue weighted by Gasteiger charge is 2.39. The number of aliphatic hydroxyl groups is 1. The molecule has 0 aliphatic heterocycles. The van der Waals surface area contributed by atoms with Crippen LogP contribution in [0.4, 0.5) is 0 Å². The van der Waals surface area contributed by atoms with Gasteiger partial charge in [-0.25, -0.2) is 0 Å². The Morgan fingerprint density at radius 3 is 2.80 bits per heavy atom. The van der Waals surface area contributed by atoms with Crippen LogP contribution < -0.4 is 0 Å². The fourth-order valence-corrected chi connectivity index (χ4v) is 3.45. The van der Waals surface area contributed by atoms with Crippen LogP contribution in [0.2, 0.25) is 0 Å². The van der Waals surface area contributed by atoms with Gasteiger partial charge in [-0.05, 0) is 49.9 Å². The van der Waals surface area contributed by atoms with Crippen LogP contribution >= 0.6 is 0 Å². The van der Waals surface area contributed by atoms with Crippen molar-refractivity contribution in [2.45, 2.75) is 51.6 Å². The van der Waals surface area contributed by atoms with Crippen molar-refractivity contribution in [2.24, 2.45) is 17.8 Å². The molecule has 2 fully saturated rings. The molecule has 0 aromatic carbocycles. The van der Waals surface area contributed by atoms with Crippen molar-refractivity contribution in [1.82, 2.24) is 0 Å². The van der Waals surface area contributed by atoms with E-state index in [2.05, 4.69) is 6.92 Å². The van der Waals surface area contributed by atoms with Crippen LogP contribution in [0.5, 0.6) is 0 Å². The van der Waals surface area contributed by atoms with Crippen LogP contribution in [0.3, 0.4) is 0 Å². The molecule has 0 heterocycles. The molecule has 0 spiro atoms. The summed E-state index contributed by atoms with van der Waals surface area (Å²) in [6.45, 7) is 3.43. The van der Waals surface area contributed by atoms with Crippen molar-refractivity contribution in [3.05, 3.63) is 0 Å². The minimum Gasteiger partial charge on any atom is -0.391 e. The minimum atomic E-state index is -0.221. The maximum Gasteiger partial charge on any atom is 0.0776 e. The summed E-state index contributed by atoms with van der Waals surface area (Å²) < 4.78 is 5.38. The van der Waals surface area contributed by atoms with Crippen molar-refractivity contribution in [1.29, 1.82) is 0 Å². The molecule has 0 saturated heterocycles. The van der Waals surface area contributed by atoms with Crippen LogP contribution in [0, 0.1) is 17.8 Å². The van der Waals surface area contributed by atoms with Gasteiger partial charge in [0.25, 0.3) is 0 Å². The van der Waals surface area contributed by atoms with Gasteiger partial charge < -0.3 is 9.84 Å². The molecule has 15 heavy (non-hydrogen) atoms. The summed E-state index contributed by atoms with van der Waals surface area (Å²) in [5.41, 5.74) is 0. The molecule has 2 bridgehead atoms. The summed E-state index contributed by atoms with van der Waals surface area (Å²) in [7, 11) is 0. The molecule has 1 N–H and O–H groups in total. The SMILES string of the molecule is CCCOCC(O)CC1CC2CCC1C2. The molecule has 0 aromatic rings. The molecule has 0 amide bonds. The number of aliphatic hydroxyl groups excluding tert-OH is 1. The largest absolute Gasteiger partial charge is 0.391 e.